The van der Waals surface area contributed by atoms with Crippen molar-refractivity contribution in [2.75, 3.05) is 6.61 Å². The fourth-order valence-corrected chi connectivity index (χ4v) is 3.76. The molecular formula is C27H30F2N4O4. The van der Waals surface area contributed by atoms with E-state index in [-0.39, 0.29) is 25.5 Å². The summed E-state index contributed by atoms with van der Waals surface area (Å²) in [5, 5.41) is 32.9. The molecule has 37 heavy (non-hydrogen) atoms. The highest BCUT2D eigenvalue weighted by atomic mass is 19.1. The third kappa shape index (κ3) is 7.61. The van der Waals surface area contributed by atoms with Crippen LogP contribution in [0.2, 0.25) is 0 Å². The van der Waals surface area contributed by atoms with Crippen LogP contribution in [0.5, 0.6) is 0 Å². The minimum absolute atomic E-state index is 0.111. The van der Waals surface area contributed by atoms with E-state index < -0.39 is 29.8 Å². The van der Waals surface area contributed by atoms with Crippen LogP contribution in [0.1, 0.15) is 56.6 Å². The lowest BCUT2D eigenvalue weighted by atomic mass is 9.91. The number of rotatable bonds is 11. The molecule has 1 aromatic heterocycles. The van der Waals surface area contributed by atoms with Crippen molar-refractivity contribution in [3.05, 3.63) is 89.3 Å². The zero-order chi connectivity index (χ0) is 26.9. The van der Waals surface area contributed by atoms with Crippen molar-refractivity contribution >= 4 is 17.1 Å². The van der Waals surface area contributed by atoms with Gasteiger partial charge in [-0.15, -0.1) is 5.10 Å². The number of hydrogen-bond donors (Lipinski definition) is 2. The second-order valence-electron chi connectivity index (χ2n) is 8.67. The summed E-state index contributed by atoms with van der Waals surface area (Å²) in [6.07, 6.45) is 0.472. The molecule has 0 aliphatic heterocycles. The standard InChI is InChI=1S/C27H30F2N4O4/c1-4-37-25(36)16-23(35)15-22(34)13-14-24(27-30-31-32-33(27)17(2)3)26(18-5-9-20(28)10-6-18)19-7-11-21(29)12-8-19/h5-14,17,22-23,34-35H,4,15-16H2,1-3H3/b14-13+. The molecule has 0 spiro atoms. The van der Waals surface area contributed by atoms with Crippen molar-refractivity contribution in [2.24, 2.45) is 0 Å². The third-order valence-corrected chi connectivity index (χ3v) is 5.46. The molecule has 3 aromatic rings. The van der Waals surface area contributed by atoms with E-state index in [0.29, 0.717) is 28.1 Å². The Labute approximate surface area is 213 Å². The minimum atomic E-state index is -1.12. The number of carbonyl (C=O) groups is 1. The number of ether oxygens (including phenoxy) is 1. The summed E-state index contributed by atoms with van der Waals surface area (Å²) in [5.74, 6) is -1.03. The van der Waals surface area contributed by atoms with E-state index in [1.54, 1.807) is 41.9 Å². The molecule has 196 valence electrons. The highest BCUT2D eigenvalue weighted by Gasteiger charge is 2.21. The number of aliphatic hydroxyl groups excluding tert-OH is 2. The van der Waals surface area contributed by atoms with Crippen molar-refractivity contribution in [2.45, 2.75) is 51.9 Å². The predicted octanol–water partition coefficient (Wildman–Crippen LogP) is 4.11. The zero-order valence-corrected chi connectivity index (χ0v) is 20.9. The van der Waals surface area contributed by atoms with E-state index in [1.165, 1.54) is 30.3 Å². The molecule has 0 aliphatic carbocycles. The molecule has 0 saturated carbocycles. The van der Waals surface area contributed by atoms with Crippen LogP contribution < -0.4 is 0 Å². The monoisotopic (exact) mass is 512 g/mol. The Balaban J connectivity index is 2.11. The Morgan fingerprint density at radius 1 is 1.03 bits per heavy atom. The van der Waals surface area contributed by atoms with Crippen LogP contribution in [-0.2, 0) is 9.53 Å². The van der Waals surface area contributed by atoms with Gasteiger partial charge in [-0.05, 0) is 72.2 Å². The Hall–Kier alpha value is -3.76. The number of aliphatic hydroxyl groups is 2. The summed E-state index contributed by atoms with van der Waals surface area (Å²) in [6.45, 7) is 5.66. The molecular weight excluding hydrogens is 482 g/mol. The lowest BCUT2D eigenvalue weighted by Gasteiger charge is -2.17. The van der Waals surface area contributed by atoms with Crippen molar-refractivity contribution in [1.82, 2.24) is 20.2 Å². The van der Waals surface area contributed by atoms with Gasteiger partial charge < -0.3 is 14.9 Å². The number of allylic oxidation sites excluding steroid dienone is 2. The molecule has 0 amide bonds. The van der Waals surface area contributed by atoms with Gasteiger partial charge in [-0.1, -0.05) is 36.4 Å². The highest BCUT2D eigenvalue weighted by Crippen LogP contribution is 2.33. The maximum atomic E-state index is 13.8. The summed E-state index contributed by atoms with van der Waals surface area (Å²) < 4.78 is 33.9. The summed E-state index contributed by atoms with van der Waals surface area (Å²) in [7, 11) is 0. The number of nitrogens with zero attached hydrogens (tertiary/aromatic N) is 4. The van der Waals surface area contributed by atoms with E-state index >= 15 is 0 Å². The molecule has 2 unspecified atom stereocenters. The number of carbonyl (C=O) groups excluding carboxylic acids is 1. The lowest BCUT2D eigenvalue weighted by molar-refractivity contribution is -0.145. The van der Waals surface area contributed by atoms with E-state index in [0.717, 1.165) is 0 Å². The van der Waals surface area contributed by atoms with Gasteiger partial charge in [0, 0.05) is 12.0 Å². The van der Waals surface area contributed by atoms with Crippen LogP contribution in [0.15, 0.2) is 60.7 Å². The van der Waals surface area contributed by atoms with Crippen LogP contribution in [0, 0.1) is 11.6 Å². The van der Waals surface area contributed by atoms with Crippen LogP contribution in [-0.4, -0.2) is 55.2 Å². The molecule has 0 saturated heterocycles. The zero-order valence-electron chi connectivity index (χ0n) is 20.9. The molecule has 0 bridgehead atoms. The Morgan fingerprint density at radius 2 is 1.59 bits per heavy atom. The van der Waals surface area contributed by atoms with Crippen LogP contribution in [0.25, 0.3) is 11.1 Å². The third-order valence-electron chi connectivity index (χ3n) is 5.46. The fourth-order valence-electron chi connectivity index (χ4n) is 3.76. The smallest absolute Gasteiger partial charge is 0.308 e. The van der Waals surface area contributed by atoms with Crippen molar-refractivity contribution < 1.29 is 28.5 Å². The maximum absolute atomic E-state index is 13.8. The first-order chi connectivity index (χ1) is 17.7. The second-order valence-corrected chi connectivity index (χ2v) is 8.67. The number of benzene rings is 2. The van der Waals surface area contributed by atoms with Crippen LogP contribution >= 0.6 is 0 Å². The van der Waals surface area contributed by atoms with Gasteiger partial charge in [0.2, 0.25) is 0 Å². The first kappa shape index (κ1) is 27.8. The van der Waals surface area contributed by atoms with Gasteiger partial charge in [-0.2, -0.15) is 0 Å². The van der Waals surface area contributed by atoms with E-state index in [2.05, 4.69) is 15.5 Å². The van der Waals surface area contributed by atoms with E-state index in [4.69, 9.17) is 4.74 Å². The van der Waals surface area contributed by atoms with Gasteiger partial charge in [0.15, 0.2) is 5.82 Å². The topological polar surface area (TPSA) is 110 Å². The van der Waals surface area contributed by atoms with E-state index in [1.807, 2.05) is 13.8 Å². The van der Waals surface area contributed by atoms with Crippen LogP contribution in [0.4, 0.5) is 8.78 Å². The second kappa shape index (κ2) is 13.0. The average molecular weight is 513 g/mol. The van der Waals surface area contributed by atoms with Gasteiger partial charge in [-0.25, -0.2) is 13.5 Å². The maximum Gasteiger partial charge on any atom is 0.308 e. The Morgan fingerprint density at radius 3 is 2.11 bits per heavy atom. The van der Waals surface area contributed by atoms with Crippen molar-refractivity contribution in [3.8, 4) is 0 Å². The number of hydrogen-bond acceptors (Lipinski definition) is 7. The lowest BCUT2D eigenvalue weighted by Crippen LogP contribution is -2.20. The van der Waals surface area contributed by atoms with Gasteiger partial charge in [0.25, 0.3) is 0 Å². The van der Waals surface area contributed by atoms with Gasteiger partial charge in [0.1, 0.15) is 11.6 Å². The van der Waals surface area contributed by atoms with E-state index in [9.17, 15) is 23.8 Å². The Kier molecular flexibility index (Phi) is 9.76. The summed E-state index contributed by atoms with van der Waals surface area (Å²) >= 11 is 0. The molecule has 2 aromatic carbocycles. The molecule has 0 fully saturated rings. The van der Waals surface area contributed by atoms with Crippen molar-refractivity contribution in [3.63, 3.8) is 0 Å². The molecule has 2 N–H and O–H groups in total. The fraction of sp³-hybridized carbons (Fsp3) is 0.333. The molecule has 1 heterocycles. The SMILES string of the molecule is CCOC(=O)CC(O)CC(O)/C=C/C(=C(c1ccc(F)cc1)c1ccc(F)cc1)c1nnnn1C(C)C. The number of tetrazole rings is 1. The molecule has 3 rings (SSSR count). The Bertz CT molecular complexity index is 1190. The first-order valence-electron chi connectivity index (χ1n) is 11.9. The quantitative estimate of drug-likeness (QED) is 0.294. The molecule has 2 atom stereocenters. The molecule has 0 aliphatic rings. The normalized spacial score (nSPS) is 13.1. The van der Waals surface area contributed by atoms with Gasteiger partial charge in [0.05, 0.1) is 31.3 Å². The van der Waals surface area contributed by atoms with Crippen LogP contribution in [0.3, 0.4) is 0 Å². The highest BCUT2D eigenvalue weighted by molar-refractivity contribution is 6.00. The molecule has 0 radical (unpaired) electrons. The number of aromatic nitrogens is 4. The van der Waals surface area contributed by atoms with Crippen molar-refractivity contribution in [1.29, 1.82) is 0 Å². The first-order valence-corrected chi connectivity index (χ1v) is 11.9. The number of halogens is 2. The average Bonchev–Trinajstić information content (AvgIpc) is 3.33. The largest absolute Gasteiger partial charge is 0.466 e. The summed E-state index contributed by atoms with van der Waals surface area (Å²) in [4.78, 5) is 11.6. The number of esters is 1. The molecule has 10 heteroatoms. The molecule has 8 nitrogen and oxygen atoms in total. The summed E-state index contributed by atoms with van der Waals surface area (Å²) in [6, 6.07) is 11.5. The predicted molar refractivity (Wildman–Crippen MR) is 134 cm³/mol. The van der Waals surface area contributed by atoms with Gasteiger partial charge in [-0.3, -0.25) is 4.79 Å². The summed E-state index contributed by atoms with van der Waals surface area (Å²) in [5.41, 5.74) is 2.29. The van der Waals surface area contributed by atoms with Gasteiger partial charge >= 0.3 is 5.97 Å². The minimum Gasteiger partial charge on any atom is -0.466 e.